The van der Waals surface area contributed by atoms with Gasteiger partial charge in [-0.2, -0.15) is 5.26 Å². The fourth-order valence-corrected chi connectivity index (χ4v) is 1.64. The second-order valence-electron chi connectivity index (χ2n) is 3.21. The van der Waals surface area contributed by atoms with Gasteiger partial charge in [0.05, 0.1) is 20.3 Å². The summed E-state index contributed by atoms with van der Waals surface area (Å²) in [7, 11) is 2.40. The van der Waals surface area contributed by atoms with E-state index in [1.807, 2.05) is 6.07 Å². The maximum absolute atomic E-state index is 11.5. The normalized spacial score (nSPS) is 28.2. The number of methoxy groups -OCH3 is 2. The van der Waals surface area contributed by atoms with Crippen LogP contribution < -0.4 is 0 Å². The first-order valence-corrected chi connectivity index (χ1v) is 4.36. The van der Waals surface area contributed by atoms with E-state index in [4.69, 9.17) is 5.26 Å². The first-order valence-electron chi connectivity index (χ1n) is 4.36. The van der Waals surface area contributed by atoms with Gasteiger partial charge in [0.1, 0.15) is 5.92 Å². The summed E-state index contributed by atoms with van der Waals surface area (Å²) in [4.78, 5) is 22.9. The number of hydrogen-bond donors (Lipinski definition) is 0. The van der Waals surface area contributed by atoms with E-state index in [0.29, 0.717) is 0 Å². The molecule has 0 aliphatic heterocycles. The van der Waals surface area contributed by atoms with Crippen molar-refractivity contribution in [2.75, 3.05) is 14.2 Å². The molecule has 0 saturated heterocycles. The van der Waals surface area contributed by atoms with Crippen LogP contribution in [-0.2, 0) is 19.1 Å². The Hall–Kier alpha value is -1.83. The highest BCUT2D eigenvalue weighted by Gasteiger charge is 2.52. The number of nitrogens with zero attached hydrogens (tertiary/aromatic N) is 1. The summed E-state index contributed by atoms with van der Waals surface area (Å²) in [5.41, 5.74) is -1.46. The maximum Gasteiger partial charge on any atom is 0.327 e. The summed E-state index contributed by atoms with van der Waals surface area (Å²) < 4.78 is 9.08. The van der Waals surface area contributed by atoms with Gasteiger partial charge in [-0.3, -0.25) is 9.59 Å². The largest absolute Gasteiger partial charge is 0.469 e. The first kappa shape index (κ1) is 11.2. The van der Waals surface area contributed by atoms with Crippen LogP contribution in [-0.4, -0.2) is 26.2 Å². The SMILES string of the molecule is COC(=O)C1C=CCC1(C#N)C(=O)OC. The number of hydrogen-bond acceptors (Lipinski definition) is 5. The molecule has 0 aromatic heterocycles. The Kier molecular flexibility index (Phi) is 3.10. The number of carbonyl (C=O) groups excluding carboxylic acids is 2. The second kappa shape index (κ2) is 4.13. The Labute approximate surface area is 87.3 Å². The molecule has 0 aromatic rings. The minimum atomic E-state index is -1.46. The quantitative estimate of drug-likeness (QED) is 0.486. The molecule has 1 rings (SSSR count). The van der Waals surface area contributed by atoms with E-state index in [2.05, 4.69) is 9.47 Å². The van der Waals surface area contributed by atoms with Crippen LogP contribution in [0.5, 0.6) is 0 Å². The van der Waals surface area contributed by atoms with Gasteiger partial charge in [0, 0.05) is 0 Å². The number of carbonyl (C=O) groups is 2. The minimum Gasteiger partial charge on any atom is -0.469 e. The monoisotopic (exact) mass is 209 g/mol. The van der Waals surface area contributed by atoms with Gasteiger partial charge in [0.15, 0.2) is 5.41 Å². The molecule has 0 radical (unpaired) electrons. The van der Waals surface area contributed by atoms with Crippen LogP contribution in [0.1, 0.15) is 6.42 Å². The highest BCUT2D eigenvalue weighted by atomic mass is 16.5. The zero-order valence-corrected chi connectivity index (χ0v) is 8.52. The lowest BCUT2D eigenvalue weighted by atomic mass is 9.78. The van der Waals surface area contributed by atoms with Crippen LogP contribution in [0.3, 0.4) is 0 Å². The summed E-state index contributed by atoms with van der Waals surface area (Å²) in [5.74, 6) is -2.18. The predicted molar refractivity (Wildman–Crippen MR) is 49.3 cm³/mol. The number of rotatable bonds is 2. The molecule has 0 amide bonds. The predicted octanol–water partition coefficient (Wildman–Crippen LogP) is 0.418. The molecular weight excluding hydrogens is 198 g/mol. The van der Waals surface area contributed by atoms with Crippen molar-refractivity contribution in [1.82, 2.24) is 0 Å². The van der Waals surface area contributed by atoms with Crippen molar-refractivity contribution in [3.63, 3.8) is 0 Å². The summed E-state index contributed by atoms with van der Waals surface area (Å²) in [6, 6.07) is 1.86. The smallest absolute Gasteiger partial charge is 0.327 e. The van der Waals surface area contributed by atoms with Crippen LogP contribution in [0, 0.1) is 22.7 Å². The lowest BCUT2D eigenvalue weighted by Crippen LogP contribution is -2.39. The number of ether oxygens (including phenoxy) is 2. The van der Waals surface area contributed by atoms with E-state index in [0.717, 1.165) is 0 Å². The van der Waals surface area contributed by atoms with Gasteiger partial charge in [-0.25, -0.2) is 0 Å². The Morgan fingerprint density at radius 1 is 1.47 bits per heavy atom. The molecule has 0 heterocycles. The Bertz CT molecular complexity index is 355. The maximum atomic E-state index is 11.5. The van der Waals surface area contributed by atoms with E-state index in [9.17, 15) is 9.59 Å². The topological polar surface area (TPSA) is 76.4 Å². The second-order valence-corrected chi connectivity index (χ2v) is 3.21. The molecule has 80 valence electrons. The fourth-order valence-electron chi connectivity index (χ4n) is 1.64. The molecule has 0 bridgehead atoms. The summed E-state index contributed by atoms with van der Waals surface area (Å²) in [6.45, 7) is 0. The molecule has 0 saturated carbocycles. The zero-order valence-electron chi connectivity index (χ0n) is 8.52. The molecule has 1 aliphatic rings. The van der Waals surface area contributed by atoms with Gasteiger partial charge < -0.3 is 9.47 Å². The lowest BCUT2D eigenvalue weighted by Gasteiger charge is -2.23. The van der Waals surface area contributed by atoms with E-state index in [1.165, 1.54) is 20.3 Å². The van der Waals surface area contributed by atoms with Gasteiger partial charge in [0.25, 0.3) is 0 Å². The Morgan fingerprint density at radius 3 is 2.60 bits per heavy atom. The molecule has 0 fully saturated rings. The van der Waals surface area contributed by atoms with Gasteiger partial charge in [0.2, 0.25) is 0 Å². The summed E-state index contributed by atoms with van der Waals surface area (Å²) >= 11 is 0. The van der Waals surface area contributed by atoms with Gasteiger partial charge in [-0.1, -0.05) is 12.2 Å². The number of nitriles is 1. The molecule has 15 heavy (non-hydrogen) atoms. The van der Waals surface area contributed by atoms with Gasteiger partial charge in [-0.05, 0) is 6.42 Å². The summed E-state index contributed by atoms with van der Waals surface area (Å²) in [6.07, 6.45) is 3.30. The third kappa shape index (κ3) is 1.59. The average molecular weight is 209 g/mol. The minimum absolute atomic E-state index is 0.177. The fraction of sp³-hybridized carbons (Fsp3) is 0.500. The molecule has 5 nitrogen and oxygen atoms in total. The summed E-state index contributed by atoms with van der Waals surface area (Å²) in [5, 5.41) is 9.03. The third-order valence-electron chi connectivity index (χ3n) is 2.50. The lowest BCUT2D eigenvalue weighted by molar-refractivity contribution is -0.159. The van der Waals surface area contributed by atoms with Crippen molar-refractivity contribution < 1.29 is 19.1 Å². The van der Waals surface area contributed by atoms with E-state index < -0.39 is 23.3 Å². The molecule has 5 heteroatoms. The molecule has 0 aromatic carbocycles. The molecule has 0 N–H and O–H groups in total. The highest BCUT2D eigenvalue weighted by Crippen LogP contribution is 2.39. The Morgan fingerprint density at radius 2 is 2.13 bits per heavy atom. The van der Waals surface area contributed by atoms with Crippen molar-refractivity contribution >= 4 is 11.9 Å². The first-order chi connectivity index (χ1) is 7.12. The van der Waals surface area contributed by atoms with Gasteiger partial charge in [-0.15, -0.1) is 0 Å². The van der Waals surface area contributed by atoms with Crippen LogP contribution >= 0.6 is 0 Å². The Balaban J connectivity index is 3.06. The highest BCUT2D eigenvalue weighted by molar-refractivity contribution is 5.90. The van der Waals surface area contributed by atoms with Crippen LogP contribution in [0.2, 0.25) is 0 Å². The van der Waals surface area contributed by atoms with E-state index in [-0.39, 0.29) is 6.42 Å². The molecule has 2 atom stereocenters. The van der Waals surface area contributed by atoms with Crippen molar-refractivity contribution in [1.29, 1.82) is 5.26 Å². The molecule has 0 spiro atoms. The van der Waals surface area contributed by atoms with Crippen LogP contribution in [0.4, 0.5) is 0 Å². The van der Waals surface area contributed by atoms with Crippen molar-refractivity contribution in [2.45, 2.75) is 6.42 Å². The number of esters is 2. The van der Waals surface area contributed by atoms with Gasteiger partial charge >= 0.3 is 11.9 Å². The van der Waals surface area contributed by atoms with E-state index in [1.54, 1.807) is 6.08 Å². The molecule has 1 aliphatic carbocycles. The van der Waals surface area contributed by atoms with Crippen LogP contribution in [0.15, 0.2) is 12.2 Å². The van der Waals surface area contributed by atoms with Crippen molar-refractivity contribution in [2.24, 2.45) is 11.3 Å². The zero-order chi connectivity index (χ0) is 11.5. The van der Waals surface area contributed by atoms with Crippen molar-refractivity contribution in [3.05, 3.63) is 12.2 Å². The number of allylic oxidation sites excluding steroid dienone is 1. The molecular formula is C10H11NO4. The average Bonchev–Trinajstić information content (AvgIpc) is 2.71. The van der Waals surface area contributed by atoms with Crippen molar-refractivity contribution in [3.8, 4) is 6.07 Å². The van der Waals surface area contributed by atoms with Crippen LogP contribution in [0.25, 0.3) is 0 Å². The van der Waals surface area contributed by atoms with E-state index >= 15 is 0 Å². The third-order valence-corrected chi connectivity index (χ3v) is 2.50. The molecule has 2 unspecified atom stereocenters. The standard InChI is InChI=1S/C10H11NO4/c1-14-8(12)7-4-3-5-10(7,6-11)9(13)15-2/h3-4,7H,5H2,1-2H3.